The van der Waals surface area contributed by atoms with Crippen molar-refractivity contribution >= 4 is 17.6 Å². The Bertz CT molecular complexity index is 461. The highest BCUT2D eigenvalue weighted by Crippen LogP contribution is 2.33. The lowest BCUT2D eigenvalue weighted by molar-refractivity contribution is 0.164. The van der Waals surface area contributed by atoms with E-state index in [-0.39, 0.29) is 0 Å². The number of anilines is 2. The maximum atomic E-state index is 7.55. The minimum atomic E-state index is 0.448. The van der Waals surface area contributed by atoms with Crippen LogP contribution >= 0.6 is 0 Å². The largest absolute Gasteiger partial charge is 0.388 e. The lowest BCUT2D eigenvalue weighted by Crippen LogP contribution is -2.36. The van der Waals surface area contributed by atoms with Crippen LogP contribution < -0.4 is 10.2 Å². The minimum absolute atomic E-state index is 0.448. The molecule has 110 valence electrons. The summed E-state index contributed by atoms with van der Waals surface area (Å²) >= 11 is 0. The van der Waals surface area contributed by atoms with Crippen molar-refractivity contribution in [2.75, 3.05) is 37.5 Å². The summed E-state index contributed by atoms with van der Waals surface area (Å²) in [5, 5.41) is 10.7. The third kappa shape index (κ3) is 2.80. The molecule has 0 amide bonds. The molecule has 1 aliphatic heterocycles. The van der Waals surface area contributed by atoms with Gasteiger partial charge in [0.25, 0.3) is 0 Å². The lowest BCUT2D eigenvalue weighted by Gasteiger charge is -2.29. The van der Waals surface area contributed by atoms with Gasteiger partial charge in [-0.05, 0) is 30.5 Å². The van der Waals surface area contributed by atoms with E-state index in [1.165, 1.54) is 24.7 Å². The molecule has 2 N–H and O–H groups in total. The molecule has 2 rings (SSSR count). The smallest absolute Gasteiger partial charge is 0.0668 e. The quantitative estimate of drug-likeness (QED) is 0.785. The number of rotatable bonds is 6. The molecule has 0 aliphatic carbocycles. The normalized spacial score (nSPS) is 22.1. The summed E-state index contributed by atoms with van der Waals surface area (Å²) in [6, 6.07) is 6.74. The fraction of sp³-hybridized carbons (Fsp3) is 0.562. The molecule has 20 heavy (non-hydrogen) atoms. The van der Waals surface area contributed by atoms with Crippen LogP contribution in [0.1, 0.15) is 25.3 Å². The number of nitrogens with one attached hydrogen (secondary N) is 2. The number of hydrogen-bond donors (Lipinski definition) is 2. The van der Waals surface area contributed by atoms with Gasteiger partial charge >= 0.3 is 0 Å². The second-order valence-electron chi connectivity index (χ2n) is 5.34. The molecule has 4 nitrogen and oxygen atoms in total. The average Bonchev–Trinajstić information content (AvgIpc) is 2.89. The molecule has 1 heterocycles. The Labute approximate surface area is 121 Å². The van der Waals surface area contributed by atoms with Crippen LogP contribution in [0, 0.1) is 11.3 Å². The van der Waals surface area contributed by atoms with Gasteiger partial charge in [-0.25, -0.2) is 0 Å². The van der Waals surface area contributed by atoms with Gasteiger partial charge in [0, 0.05) is 43.9 Å². The van der Waals surface area contributed by atoms with Crippen molar-refractivity contribution in [3.8, 4) is 0 Å². The Balaban J connectivity index is 2.28. The summed E-state index contributed by atoms with van der Waals surface area (Å²) in [5.74, 6) is 0.697. The van der Waals surface area contributed by atoms with Gasteiger partial charge in [-0.3, -0.25) is 0 Å². The van der Waals surface area contributed by atoms with Gasteiger partial charge in [0.05, 0.1) is 12.6 Å². The lowest BCUT2D eigenvalue weighted by atomic mass is 9.98. The number of ether oxygens (including phenoxy) is 1. The van der Waals surface area contributed by atoms with E-state index in [1.807, 2.05) is 7.05 Å². The Morgan fingerprint density at radius 1 is 1.50 bits per heavy atom. The first kappa shape index (κ1) is 14.9. The van der Waals surface area contributed by atoms with E-state index in [0.29, 0.717) is 12.0 Å². The Kier molecular flexibility index (Phi) is 5.01. The summed E-state index contributed by atoms with van der Waals surface area (Å²) in [6.07, 6.45) is 3.82. The molecule has 1 aromatic carbocycles. The van der Waals surface area contributed by atoms with Crippen LogP contribution in [0.25, 0.3) is 0 Å². The molecule has 4 heteroatoms. The zero-order valence-corrected chi connectivity index (χ0v) is 12.6. The number of nitrogens with zero attached hydrogens (tertiary/aromatic N) is 1. The maximum Gasteiger partial charge on any atom is 0.0668 e. The fourth-order valence-corrected chi connectivity index (χ4v) is 3.19. The van der Waals surface area contributed by atoms with E-state index >= 15 is 0 Å². The van der Waals surface area contributed by atoms with Crippen LogP contribution in [0.15, 0.2) is 18.2 Å². The summed E-state index contributed by atoms with van der Waals surface area (Å²) in [4.78, 5) is 2.43. The van der Waals surface area contributed by atoms with E-state index in [4.69, 9.17) is 10.1 Å². The van der Waals surface area contributed by atoms with Crippen LogP contribution in [0.5, 0.6) is 0 Å². The highest BCUT2D eigenvalue weighted by Gasteiger charge is 2.33. The molecule has 0 aromatic heterocycles. The summed E-state index contributed by atoms with van der Waals surface area (Å²) in [7, 11) is 3.66. The molecule has 0 bridgehead atoms. The Hall–Kier alpha value is -1.55. The second-order valence-corrected chi connectivity index (χ2v) is 5.34. The van der Waals surface area contributed by atoms with Gasteiger partial charge in [0.1, 0.15) is 0 Å². The van der Waals surface area contributed by atoms with Crippen molar-refractivity contribution in [3.63, 3.8) is 0 Å². The predicted octanol–water partition coefficient (Wildman–Crippen LogP) is 2.98. The van der Waals surface area contributed by atoms with Crippen LogP contribution in [-0.2, 0) is 4.74 Å². The van der Waals surface area contributed by atoms with Crippen LogP contribution in [-0.4, -0.2) is 39.6 Å². The molecule has 0 saturated carbocycles. The molecule has 1 saturated heterocycles. The van der Waals surface area contributed by atoms with Crippen molar-refractivity contribution in [3.05, 3.63) is 23.8 Å². The van der Waals surface area contributed by atoms with Crippen LogP contribution in [0.3, 0.4) is 0 Å². The molecule has 1 fully saturated rings. The highest BCUT2D eigenvalue weighted by atomic mass is 16.5. The molecule has 0 spiro atoms. The van der Waals surface area contributed by atoms with Crippen LogP contribution in [0.2, 0.25) is 0 Å². The SMILES string of the molecule is CCC1CCN(c2ccc(NC)c(C=N)c2)C1COC. The number of methoxy groups -OCH3 is 1. The van der Waals surface area contributed by atoms with Crippen molar-refractivity contribution in [1.29, 1.82) is 5.41 Å². The van der Waals surface area contributed by atoms with Gasteiger partial charge in [0.2, 0.25) is 0 Å². The van der Waals surface area contributed by atoms with E-state index in [9.17, 15) is 0 Å². The van der Waals surface area contributed by atoms with Crippen molar-refractivity contribution in [2.45, 2.75) is 25.8 Å². The van der Waals surface area contributed by atoms with Crippen molar-refractivity contribution in [2.24, 2.45) is 5.92 Å². The molecule has 0 radical (unpaired) electrons. The first-order chi connectivity index (χ1) is 9.74. The van der Waals surface area contributed by atoms with Crippen molar-refractivity contribution in [1.82, 2.24) is 0 Å². The molecule has 1 aliphatic rings. The van der Waals surface area contributed by atoms with Gasteiger partial charge in [-0.15, -0.1) is 0 Å². The number of hydrogen-bond acceptors (Lipinski definition) is 4. The molecule has 2 unspecified atom stereocenters. The summed E-state index contributed by atoms with van der Waals surface area (Å²) in [6.45, 7) is 4.10. The third-order valence-electron chi connectivity index (χ3n) is 4.34. The van der Waals surface area contributed by atoms with Gasteiger partial charge in [0.15, 0.2) is 0 Å². The van der Waals surface area contributed by atoms with Gasteiger partial charge < -0.3 is 20.4 Å². The van der Waals surface area contributed by atoms with Gasteiger partial charge in [-0.2, -0.15) is 0 Å². The fourth-order valence-electron chi connectivity index (χ4n) is 3.19. The van der Waals surface area contributed by atoms with E-state index in [1.54, 1.807) is 7.11 Å². The van der Waals surface area contributed by atoms with E-state index in [2.05, 4.69) is 35.3 Å². The highest BCUT2D eigenvalue weighted by molar-refractivity contribution is 5.87. The minimum Gasteiger partial charge on any atom is -0.388 e. The zero-order chi connectivity index (χ0) is 14.5. The first-order valence-electron chi connectivity index (χ1n) is 7.33. The molecule has 1 aromatic rings. The average molecular weight is 275 g/mol. The van der Waals surface area contributed by atoms with Crippen LogP contribution in [0.4, 0.5) is 11.4 Å². The molecule has 2 atom stereocenters. The monoisotopic (exact) mass is 275 g/mol. The third-order valence-corrected chi connectivity index (χ3v) is 4.34. The zero-order valence-electron chi connectivity index (χ0n) is 12.6. The number of benzene rings is 1. The second kappa shape index (κ2) is 6.75. The Morgan fingerprint density at radius 3 is 2.90 bits per heavy atom. The van der Waals surface area contributed by atoms with Gasteiger partial charge in [-0.1, -0.05) is 13.3 Å². The van der Waals surface area contributed by atoms with E-state index in [0.717, 1.165) is 24.4 Å². The van der Waals surface area contributed by atoms with E-state index < -0.39 is 0 Å². The predicted molar refractivity (Wildman–Crippen MR) is 85.3 cm³/mol. The standard InChI is InChI=1S/C16H25N3O/c1-4-12-7-8-19(16(12)11-20-3)14-5-6-15(18-2)13(9-14)10-17/h5-6,9-10,12,16-18H,4,7-8,11H2,1-3H3. The topological polar surface area (TPSA) is 48.4 Å². The maximum absolute atomic E-state index is 7.55. The van der Waals surface area contributed by atoms with Crippen molar-refractivity contribution < 1.29 is 4.74 Å². The molecular formula is C16H25N3O. The Morgan fingerprint density at radius 2 is 2.30 bits per heavy atom. The summed E-state index contributed by atoms with van der Waals surface area (Å²) < 4.78 is 5.41. The summed E-state index contributed by atoms with van der Waals surface area (Å²) in [5.41, 5.74) is 3.12. The first-order valence-corrected chi connectivity index (χ1v) is 7.33. The molecular weight excluding hydrogens is 250 g/mol.